The molecular weight excluding hydrogens is 486 g/mol. The molecule has 4 atom stereocenters. The lowest BCUT2D eigenvalue weighted by Crippen LogP contribution is -2.40. The fourth-order valence-electron chi connectivity index (χ4n) is 7.49. The van der Waals surface area contributed by atoms with E-state index in [1.807, 2.05) is 0 Å². The van der Waals surface area contributed by atoms with Crippen LogP contribution in [-0.4, -0.2) is 18.4 Å². The lowest BCUT2D eigenvalue weighted by Gasteiger charge is -2.37. The number of nitrogens with one attached hydrogen (secondary N) is 1. The van der Waals surface area contributed by atoms with Crippen molar-refractivity contribution in [2.24, 2.45) is 17.8 Å². The van der Waals surface area contributed by atoms with Gasteiger partial charge in [-0.1, -0.05) is 84.7 Å². The van der Waals surface area contributed by atoms with Gasteiger partial charge in [0.25, 0.3) is 0 Å². The van der Waals surface area contributed by atoms with Crippen molar-refractivity contribution in [3.8, 4) is 0 Å². The van der Waals surface area contributed by atoms with Crippen LogP contribution in [0.1, 0.15) is 85.0 Å². The number of carbonyl (C=O) groups is 1. The molecule has 4 rings (SSSR count). The Kier molecular flexibility index (Phi) is 9.20. The molecule has 0 aromatic heterocycles. The van der Waals surface area contributed by atoms with Gasteiger partial charge in [-0.2, -0.15) is 0 Å². The number of benzene rings is 2. The van der Waals surface area contributed by atoms with Crippen LogP contribution in [0.2, 0.25) is 0 Å². The highest BCUT2D eigenvalue weighted by Gasteiger charge is 2.33. The summed E-state index contributed by atoms with van der Waals surface area (Å²) in [5.41, 5.74) is 16.8. The van der Waals surface area contributed by atoms with E-state index >= 15 is 0 Å². The molecule has 3 unspecified atom stereocenters. The van der Waals surface area contributed by atoms with Crippen LogP contribution < -0.4 is 5.32 Å². The van der Waals surface area contributed by atoms with E-state index in [1.54, 1.807) is 6.92 Å². The van der Waals surface area contributed by atoms with E-state index in [1.165, 1.54) is 66.8 Å². The van der Waals surface area contributed by atoms with Crippen molar-refractivity contribution in [1.82, 2.24) is 5.32 Å². The van der Waals surface area contributed by atoms with Gasteiger partial charge in [0.05, 0.1) is 6.54 Å². The van der Waals surface area contributed by atoms with Gasteiger partial charge in [0, 0.05) is 12.0 Å². The average Bonchev–Trinajstić information content (AvgIpc) is 2.84. The number of Topliss-reactive ketones (excluding diaryl/α,β-unsaturated/α-hetero) is 1. The first kappa shape index (κ1) is 30.0. The zero-order valence-electron chi connectivity index (χ0n) is 26.5. The van der Waals surface area contributed by atoms with Crippen LogP contribution in [0.3, 0.4) is 0 Å². The maximum Gasteiger partial charge on any atom is 0.143 e. The van der Waals surface area contributed by atoms with Gasteiger partial charge in [0.1, 0.15) is 5.78 Å². The SMILES string of the molecule is CC(=O)CNC(C)[C@@H](C1=CC=C(c2c(C)cc(C)cc2C)C(C)C1)C1=CC=C(c2c(C)cc(C)cc2C)CC1C. The number of aryl methyl sites for hydroxylation is 6. The molecule has 2 aliphatic rings. The molecule has 2 aliphatic carbocycles. The van der Waals surface area contributed by atoms with E-state index in [0.29, 0.717) is 18.4 Å². The Balaban J connectivity index is 1.76. The molecule has 0 fully saturated rings. The van der Waals surface area contributed by atoms with Gasteiger partial charge in [0.15, 0.2) is 0 Å². The Morgan fingerprint density at radius 1 is 0.775 bits per heavy atom. The largest absolute Gasteiger partial charge is 0.307 e. The standard InChI is InChI=1S/C38H49NO/c1-22-15-26(5)36(27(6)16-22)32-11-14-35(25(4)19-32)38(31(10)39-21-30(9)40)33-12-13-34(24(3)20-33)37-28(7)17-23(2)18-29(37)8/h11-18,24-25,31,38-39H,19-21H2,1-10H3/t24?,25?,31?,38-/m0/s1. The molecule has 0 heterocycles. The number of ketones is 1. The van der Waals surface area contributed by atoms with Crippen LogP contribution in [-0.2, 0) is 4.79 Å². The third-order valence-corrected chi connectivity index (χ3v) is 9.02. The molecule has 0 radical (unpaired) electrons. The Labute approximate surface area is 243 Å². The number of allylic oxidation sites excluding steroid dienone is 6. The quantitative estimate of drug-likeness (QED) is 0.365. The fourth-order valence-corrected chi connectivity index (χ4v) is 7.49. The number of hydrogen-bond acceptors (Lipinski definition) is 2. The molecule has 0 amide bonds. The van der Waals surface area contributed by atoms with Gasteiger partial charge in [-0.3, -0.25) is 4.79 Å². The zero-order valence-corrected chi connectivity index (χ0v) is 26.5. The predicted molar refractivity (Wildman–Crippen MR) is 173 cm³/mol. The van der Waals surface area contributed by atoms with Gasteiger partial charge in [-0.05, 0) is 125 Å². The first-order chi connectivity index (χ1) is 18.9. The Bertz CT molecular complexity index is 1380. The van der Waals surface area contributed by atoms with Crippen molar-refractivity contribution in [3.63, 3.8) is 0 Å². The summed E-state index contributed by atoms with van der Waals surface area (Å²) in [5.74, 6) is 1.30. The van der Waals surface area contributed by atoms with Crippen LogP contribution in [0, 0.1) is 59.3 Å². The third kappa shape index (κ3) is 6.33. The van der Waals surface area contributed by atoms with Crippen molar-refractivity contribution in [2.45, 2.75) is 88.1 Å². The summed E-state index contributed by atoms with van der Waals surface area (Å²) in [5, 5.41) is 3.57. The molecule has 0 spiro atoms. The minimum Gasteiger partial charge on any atom is -0.307 e. The van der Waals surface area contributed by atoms with E-state index in [9.17, 15) is 4.79 Å². The maximum absolute atomic E-state index is 11.9. The maximum atomic E-state index is 11.9. The molecule has 2 aromatic rings. The first-order valence-electron chi connectivity index (χ1n) is 15.1. The third-order valence-electron chi connectivity index (χ3n) is 9.02. The summed E-state index contributed by atoms with van der Waals surface area (Å²) >= 11 is 0. The summed E-state index contributed by atoms with van der Waals surface area (Å²) < 4.78 is 0. The van der Waals surface area contributed by atoms with Gasteiger partial charge in [0.2, 0.25) is 0 Å². The predicted octanol–water partition coefficient (Wildman–Crippen LogP) is 9.12. The lowest BCUT2D eigenvalue weighted by atomic mass is 9.70. The highest BCUT2D eigenvalue weighted by Crippen LogP contribution is 2.44. The summed E-state index contributed by atoms with van der Waals surface area (Å²) in [6.07, 6.45) is 11.6. The topological polar surface area (TPSA) is 29.1 Å². The molecule has 2 aromatic carbocycles. The van der Waals surface area contributed by atoms with Crippen molar-refractivity contribution in [3.05, 3.63) is 104 Å². The van der Waals surface area contributed by atoms with E-state index in [-0.39, 0.29) is 17.7 Å². The number of hydrogen-bond donors (Lipinski definition) is 1. The fraction of sp³-hybridized carbons (Fsp3) is 0.447. The molecule has 0 saturated carbocycles. The second kappa shape index (κ2) is 12.3. The van der Waals surface area contributed by atoms with E-state index in [0.717, 1.165) is 12.8 Å². The lowest BCUT2D eigenvalue weighted by molar-refractivity contribution is -0.116. The van der Waals surface area contributed by atoms with E-state index in [2.05, 4.69) is 116 Å². The van der Waals surface area contributed by atoms with Gasteiger partial charge < -0.3 is 5.32 Å². The highest BCUT2D eigenvalue weighted by atomic mass is 16.1. The van der Waals surface area contributed by atoms with Crippen molar-refractivity contribution >= 4 is 16.9 Å². The Hall–Kier alpha value is -2.97. The van der Waals surface area contributed by atoms with Gasteiger partial charge in [-0.25, -0.2) is 0 Å². The molecule has 0 saturated heterocycles. The van der Waals surface area contributed by atoms with Gasteiger partial charge >= 0.3 is 0 Å². The average molecular weight is 536 g/mol. The minimum atomic E-state index is 0.173. The van der Waals surface area contributed by atoms with Crippen molar-refractivity contribution < 1.29 is 4.79 Å². The highest BCUT2D eigenvalue weighted by molar-refractivity contribution is 5.78. The number of rotatable bonds is 8. The summed E-state index contributed by atoms with van der Waals surface area (Å²) in [6.45, 7) is 22.4. The van der Waals surface area contributed by atoms with Crippen LogP contribution in [0.25, 0.3) is 11.1 Å². The second-order valence-electron chi connectivity index (χ2n) is 12.8. The molecule has 1 N–H and O–H groups in total. The Morgan fingerprint density at radius 3 is 1.82 bits per heavy atom. The van der Waals surface area contributed by atoms with Gasteiger partial charge in [-0.15, -0.1) is 0 Å². The van der Waals surface area contributed by atoms with E-state index < -0.39 is 0 Å². The van der Waals surface area contributed by atoms with Crippen molar-refractivity contribution in [1.29, 1.82) is 0 Å². The van der Waals surface area contributed by atoms with Crippen molar-refractivity contribution in [2.75, 3.05) is 6.54 Å². The second-order valence-corrected chi connectivity index (χ2v) is 12.8. The summed E-state index contributed by atoms with van der Waals surface area (Å²) in [4.78, 5) is 11.9. The monoisotopic (exact) mass is 535 g/mol. The smallest absolute Gasteiger partial charge is 0.143 e. The molecule has 0 bridgehead atoms. The normalized spacial score (nSPS) is 20.8. The number of carbonyl (C=O) groups excluding carboxylic acids is 1. The first-order valence-corrected chi connectivity index (χ1v) is 15.1. The summed E-state index contributed by atoms with van der Waals surface area (Å²) in [6, 6.07) is 9.40. The molecule has 0 aliphatic heterocycles. The zero-order chi connectivity index (χ0) is 29.3. The Morgan fingerprint density at radius 2 is 1.32 bits per heavy atom. The molecule has 40 heavy (non-hydrogen) atoms. The molecule has 212 valence electrons. The van der Waals surface area contributed by atoms with Crippen LogP contribution >= 0.6 is 0 Å². The van der Waals surface area contributed by atoms with Crippen LogP contribution in [0.15, 0.2) is 59.7 Å². The molecule has 2 nitrogen and oxygen atoms in total. The van der Waals surface area contributed by atoms with Crippen LogP contribution in [0.4, 0.5) is 0 Å². The summed E-state index contributed by atoms with van der Waals surface area (Å²) in [7, 11) is 0. The molecule has 2 heteroatoms. The van der Waals surface area contributed by atoms with Crippen LogP contribution in [0.5, 0.6) is 0 Å². The molecular formula is C38H49NO. The van der Waals surface area contributed by atoms with E-state index in [4.69, 9.17) is 0 Å². The minimum absolute atomic E-state index is 0.173.